The van der Waals surface area contributed by atoms with Gasteiger partial charge in [-0.2, -0.15) is 12.7 Å². The van der Waals surface area contributed by atoms with Gasteiger partial charge < -0.3 is 11.1 Å². The molecule has 1 atom stereocenters. The second-order valence-electron chi connectivity index (χ2n) is 2.91. The van der Waals surface area contributed by atoms with Gasteiger partial charge in [0, 0.05) is 33.2 Å². The number of hydrogen-bond donors (Lipinski definition) is 3. The normalized spacial score (nSPS) is 26.2. The van der Waals surface area contributed by atoms with Crippen LogP contribution < -0.4 is 15.8 Å². The summed E-state index contributed by atoms with van der Waals surface area (Å²) in [5, 5.41) is 3.10. The van der Waals surface area contributed by atoms with Gasteiger partial charge in [0.05, 0.1) is 6.04 Å². The highest BCUT2D eigenvalue weighted by Crippen LogP contribution is 2.06. The molecular formula is C6H16N4O2S. The third-order valence-corrected chi connectivity index (χ3v) is 3.75. The number of piperazine rings is 1. The third-order valence-electron chi connectivity index (χ3n) is 2.13. The summed E-state index contributed by atoms with van der Waals surface area (Å²) in [5.74, 6) is 0. The van der Waals surface area contributed by atoms with Gasteiger partial charge in [-0.25, -0.2) is 4.72 Å². The molecule has 4 N–H and O–H groups in total. The number of hydrogen-bond acceptors (Lipinski definition) is 4. The molecule has 0 bridgehead atoms. The lowest BCUT2D eigenvalue weighted by atomic mass is 10.2. The van der Waals surface area contributed by atoms with Crippen molar-refractivity contribution in [3.63, 3.8) is 0 Å². The number of nitrogens with two attached hydrogens (primary N) is 1. The highest BCUT2D eigenvalue weighted by molar-refractivity contribution is 7.87. The topological polar surface area (TPSA) is 87.5 Å². The molecule has 0 aromatic heterocycles. The van der Waals surface area contributed by atoms with E-state index in [1.54, 1.807) is 0 Å². The van der Waals surface area contributed by atoms with Crippen LogP contribution in [0.2, 0.25) is 0 Å². The Kier molecular flexibility index (Phi) is 3.63. The summed E-state index contributed by atoms with van der Waals surface area (Å²) in [4.78, 5) is 0. The molecule has 0 spiro atoms. The standard InChI is InChI=1S/C6H16N4O2S/c1-8-13(11,12)10-3-2-9-5-6(10)4-7/h6,8-9H,2-5,7H2,1H3. The van der Waals surface area contributed by atoms with Crippen LogP contribution in [0, 0.1) is 0 Å². The molecule has 1 saturated heterocycles. The van der Waals surface area contributed by atoms with E-state index in [4.69, 9.17) is 5.73 Å². The summed E-state index contributed by atoms with van der Waals surface area (Å²) in [6, 6.07) is -0.133. The van der Waals surface area contributed by atoms with Crippen LogP contribution in [0.1, 0.15) is 0 Å². The fraction of sp³-hybridized carbons (Fsp3) is 1.00. The van der Waals surface area contributed by atoms with Crippen LogP contribution >= 0.6 is 0 Å². The predicted molar refractivity (Wildman–Crippen MR) is 50.4 cm³/mol. The molecule has 0 radical (unpaired) electrons. The monoisotopic (exact) mass is 208 g/mol. The average Bonchev–Trinajstić information content (AvgIpc) is 2.18. The molecule has 7 heteroatoms. The van der Waals surface area contributed by atoms with Gasteiger partial charge in [-0.3, -0.25) is 0 Å². The fourth-order valence-corrected chi connectivity index (χ4v) is 2.50. The lowest BCUT2D eigenvalue weighted by molar-refractivity contribution is 0.270. The fourth-order valence-electron chi connectivity index (χ4n) is 1.38. The Morgan fingerprint density at radius 3 is 2.92 bits per heavy atom. The van der Waals surface area contributed by atoms with Crippen LogP contribution in [0.3, 0.4) is 0 Å². The minimum Gasteiger partial charge on any atom is -0.329 e. The molecule has 78 valence electrons. The molecule has 0 aromatic carbocycles. The first-order chi connectivity index (χ1) is 6.11. The Morgan fingerprint density at radius 1 is 1.69 bits per heavy atom. The van der Waals surface area contributed by atoms with Crippen molar-refractivity contribution in [3.05, 3.63) is 0 Å². The van der Waals surface area contributed by atoms with E-state index in [-0.39, 0.29) is 6.04 Å². The van der Waals surface area contributed by atoms with Gasteiger partial charge in [0.2, 0.25) is 0 Å². The first kappa shape index (κ1) is 10.9. The molecular weight excluding hydrogens is 192 g/mol. The molecule has 1 rings (SSSR count). The van der Waals surface area contributed by atoms with Crippen LogP contribution in [-0.2, 0) is 10.2 Å². The average molecular weight is 208 g/mol. The van der Waals surface area contributed by atoms with Gasteiger partial charge in [-0.15, -0.1) is 0 Å². The maximum absolute atomic E-state index is 11.5. The van der Waals surface area contributed by atoms with Crippen molar-refractivity contribution < 1.29 is 8.42 Å². The number of rotatable bonds is 3. The van der Waals surface area contributed by atoms with E-state index in [0.29, 0.717) is 26.2 Å². The van der Waals surface area contributed by atoms with Gasteiger partial charge in [0.15, 0.2) is 0 Å². The van der Waals surface area contributed by atoms with Gasteiger partial charge in [-0.1, -0.05) is 0 Å². The van der Waals surface area contributed by atoms with Crippen LogP contribution in [0.5, 0.6) is 0 Å². The zero-order valence-electron chi connectivity index (χ0n) is 7.66. The molecule has 6 nitrogen and oxygen atoms in total. The van der Waals surface area contributed by atoms with Crippen LogP contribution in [0.25, 0.3) is 0 Å². The molecule has 1 fully saturated rings. The zero-order valence-corrected chi connectivity index (χ0v) is 8.47. The van der Waals surface area contributed by atoms with Gasteiger partial charge in [-0.05, 0) is 0 Å². The maximum Gasteiger partial charge on any atom is 0.279 e. The molecule has 1 aliphatic rings. The number of nitrogens with zero attached hydrogens (tertiary/aromatic N) is 1. The minimum absolute atomic E-state index is 0.133. The van der Waals surface area contributed by atoms with Crippen LogP contribution in [0.4, 0.5) is 0 Å². The first-order valence-corrected chi connectivity index (χ1v) is 5.67. The van der Waals surface area contributed by atoms with Crippen molar-refractivity contribution >= 4 is 10.2 Å². The summed E-state index contributed by atoms with van der Waals surface area (Å²) in [6.45, 7) is 2.12. The van der Waals surface area contributed by atoms with Gasteiger partial charge >= 0.3 is 0 Å². The highest BCUT2D eigenvalue weighted by atomic mass is 32.2. The Labute approximate surface area is 78.7 Å². The maximum atomic E-state index is 11.5. The van der Waals surface area contributed by atoms with Crippen LogP contribution in [0.15, 0.2) is 0 Å². The van der Waals surface area contributed by atoms with Crippen molar-refractivity contribution in [2.75, 3.05) is 33.2 Å². The van der Waals surface area contributed by atoms with E-state index in [0.717, 1.165) is 0 Å². The summed E-state index contributed by atoms with van der Waals surface area (Å²) in [7, 11) is -1.91. The molecule has 1 aliphatic heterocycles. The van der Waals surface area contributed by atoms with Crippen molar-refractivity contribution in [1.82, 2.24) is 14.3 Å². The predicted octanol–water partition coefficient (Wildman–Crippen LogP) is -2.32. The molecule has 0 amide bonds. The minimum atomic E-state index is -3.32. The second kappa shape index (κ2) is 4.34. The van der Waals surface area contributed by atoms with Crippen molar-refractivity contribution in [3.8, 4) is 0 Å². The van der Waals surface area contributed by atoms with Crippen LogP contribution in [-0.4, -0.2) is 52.0 Å². The highest BCUT2D eigenvalue weighted by Gasteiger charge is 2.29. The Balaban J connectivity index is 2.75. The van der Waals surface area contributed by atoms with Crippen molar-refractivity contribution in [2.45, 2.75) is 6.04 Å². The van der Waals surface area contributed by atoms with E-state index in [9.17, 15) is 8.42 Å². The quantitative estimate of drug-likeness (QED) is 0.486. The van der Waals surface area contributed by atoms with E-state index in [1.807, 2.05) is 0 Å². The van der Waals surface area contributed by atoms with Gasteiger partial charge in [0.25, 0.3) is 10.2 Å². The second-order valence-corrected chi connectivity index (χ2v) is 4.74. The van der Waals surface area contributed by atoms with Gasteiger partial charge in [0.1, 0.15) is 0 Å². The molecule has 0 saturated carbocycles. The lowest BCUT2D eigenvalue weighted by Crippen LogP contribution is -2.58. The smallest absolute Gasteiger partial charge is 0.279 e. The lowest BCUT2D eigenvalue weighted by Gasteiger charge is -2.33. The summed E-state index contributed by atoms with van der Waals surface area (Å²) in [6.07, 6.45) is 0. The largest absolute Gasteiger partial charge is 0.329 e. The Hall–Kier alpha value is -0.210. The summed E-state index contributed by atoms with van der Waals surface area (Å²) in [5.41, 5.74) is 5.47. The number of nitrogens with one attached hydrogen (secondary N) is 2. The molecule has 1 unspecified atom stereocenters. The Morgan fingerprint density at radius 2 is 2.38 bits per heavy atom. The summed E-state index contributed by atoms with van der Waals surface area (Å²) < 4.78 is 26.6. The third kappa shape index (κ3) is 2.38. The molecule has 0 aliphatic carbocycles. The SMILES string of the molecule is CNS(=O)(=O)N1CCNCC1CN. The molecule has 1 heterocycles. The first-order valence-electron chi connectivity index (χ1n) is 4.23. The van der Waals surface area contributed by atoms with Crippen molar-refractivity contribution in [1.29, 1.82) is 0 Å². The van der Waals surface area contributed by atoms with E-state index in [2.05, 4.69) is 10.0 Å². The summed E-state index contributed by atoms with van der Waals surface area (Å²) >= 11 is 0. The van der Waals surface area contributed by atoms with E-state index in [1.165, 1.54) is 11.4 Å². The molecule has 0 aromatic rings. The van der Waals surface area contributed by atoms with Crippen molar-refractivity contribution in [2.24, 2.45) is 5.73 Å². The van der Waals surface area contributed by atoms with E-state index >= 15 is 0 Å². The Bertz CT molecular complexity index is 253. The zero-order chi connectivity index (χ0) is 9.90. The van der Waals surface area contributed by atoms with E-state index < -0.39 is 10.2 Å². The molecule has 13 heavy (non-hydrogen) atoms.